The number of carbonyl (C=O) groups is 1. The van der Waals surface area contributed by atoms with E-state index < -0.39 is 5.97 Å². The molecule has 0 aliphatic rings. The maximum atomic E-state index is 10.5. The first-order chi connectivity index (χ1) is 8.02. The summed E-state index contributed by atoms with van der Waals surface area (Å²) in [4.78, 5) is 11.3. The van der Waals surface area contributed by atoms with Gasteiger partial charge in [-0.1, -0.05) is 5.57 Å². The monoisotopic (exact) mass is 253 g/mol. The molecule has 3 N–H and O–H groups in total. The number of hydrogen-bond donors (Lipinski definition) is 2. The van der Waals surface area contributed by atoms with E-state index in [9.17, 15) is 4.79 Å². The van der Waals surface area contributed by atoms with Gasteiger partial charge in [0.15, 0.2) is 0 Å². The molecular weight excluding hydrogens is 238 g/mol. The van der Waals surface area contributed by atoms with Crippen LogP contribution < -0.4 is 10.5 Å². The van der Waals surface area contributed by atoms with Crippen LogP contribution in [0.3, 0.4) is 0 Å². The summed E-state index contributed by atoms with van der Waals surface area (Å²) in [5, 5.41) is 8.59. The van der Waals surface area contributed by atoms with Gasteiger partial charge in [-0.05, 0) is 25.1 Å². The maximum absolute atomic E-state index is 10.5. The van der Waals surface area contributed by atoms with Gasteiger partial charge in [0.25, 0.3) is 0 Å². The lowest BCUT2D eigenvalue weighted by Gasteiger charge is -2.07. The second-order valence-corrected chi connectivity index (χ2v) is 4.54. The van der Waals surface area contributed by atoms with Gasteiger partial charge in [-0.3, -0.25) is 0 Å². The highest BCUT2D eigenvalue weighted by atomic mass is 32.2. The number of rotatable bonds is 5. The predicted octanol–water partition coefficient (Wildman–Crippen LogP) is 2.40. The summed E-state index contributed by atoms with van der Waals surface area (Å²) in [5.74, 6) is 0.396. The first-order valence-electron chi connectivity index (χ1n) is 4.99. The highest BCUT2D eigenvalue weighted by molar-refractivity contribution is 7.99. The minimum Gasteiger partial charge on any atom is -0.497 e. The largest absolute Gasteiger partial charge is 0.497 e. The molecule has 0 fully saturated rings. The van der Waals surface area contributed by atoms with Crippen LogP contribution in [0.15, 0.2) is 34.7 Å². The lowest BCUT2D eigenvalue weighted by atomic mass is 10.3. The molecule has 0 radical (unpaired) electrons. The van der Waals surface area contributed by atoms with Gasteiger partial charge in [0.05, 0.1) is 7.11 Å². The Bertz CT molecular complexity index is 443. The average Bonchev–Trinajstić information content (AvgIpc) is 2.27. The second-order valence-electron chi connectivity index (χ2n) is 3.52. The summed E-state index contributed by atoms with van der Waals surface area (Å²) >= 11 is 1.49. The number of benzene rings is 1. The van der Waals surface area contributed by atoms with Crippen molar-refractivity contribution in [2.24, 2.45) is 0 Å². The Labute approximate surface area is 104 Å². The van der Waals surface area contributed by atoms with Gasteiger partial charge in [0, 0.05) is 22.4 Å². The summed E-state index contributed by atoms with van der Waals surface area (Å²) < 4.78 is 5.10. The number of carboxylic acid groups (broad SMARTS) is 1. The van der Waals surface area contributed by atoms with E-state index in [0.717, 1.165) is 16.2 Å². The van der Waals surface area contributed by atoms with Crippen molar-refractivity contribution in [1.82, 2.24) is 0 Å². The Kier molecular flexibility index (Phi) is 4.90. The topological polar surface area (TPSA) is 72.5 Å². The molecule has 0 unspecified atom stereocenters. The van der Waals surface area contributed by atoms with Gasteiger partial charge >= 0.3 is 5.97 Å². The van der Waals surface area contributed by atoms with Crippen LogP contribution in [0.5, 0.6) is 5.75 Å². The Morgan fingerprint density at radius 2 is 2.29 bits per heavy atom. The molecule has 0 spiro atoms. The van der Waals surface area contributed by atoms with Crippen LogP contribution in [0.2, 0.25) is 0 Å². The Balaban J connectivity index is 2.72. The van der Waals surface area contributed by atoms with E-state index in [2.05, 4.69) is 0 Å². The summed E-state index contributed by atoms with van der Waals surface area (Å²) in [6.45, 7) is 1.78. The van der Waals surface area contributed by atoms with Gasteiger partial charge in [-0.2, -0.15) is 0 Å². The lowest BCUT2D eigenvalue weighted by molar-refractivity contribution is -0.131. The van der Waals surface area contributed by atoms with Crippen molar-refractivity contribution in [3.63, 3.8) is 0 Å². The first-order valence-corrected chi connectivity index (χ1v) is 5.98. The molecule has 0 aliphatic carbocycles. The fourth-order valence-electron chi connectivity index (χ4n) is 1.21. The van der Waals surface area contributed by atoms with Crippen LogP contribution in [-0.4, -0.2) is 23.9 Å². The number of carboxylic acids is 1. The predicted molar refractivity (Wildman–Crippen MR) is 69.5 cm³/mol. The fraction of sp³-hybridized carbons (Fsp3) is 0.250. The standard InChI is InChI=1S/C12H15NO3S/c1-8(5-12(14)15)7-17-11-6-9(16-2)3-4-10(11)13/h3-6H,7,13H2,1-2H3,(H,14,15). The van der Waals surface area contributed by atoms with Crippen LogP contribution in [0.4, 0.5) is 5.69 Å². The smallest absolute Gasteiger partial charge is 0.328 e. The zero-order chi connectivity index (χ0) is 12.8. The molecule has 1 rings (SSSR count). The van der Waals surface area contributed by atoms with Crippen LogP contribution in [-0.2, 0) is 4.79 Å². The Hall–Kier alpha value is -1.62. The SMILES string of the molecule is COc1ccc(N)c(SCC(C)=CC(=O)O)c1. The number of nitrogens with two attached hydrogens (primary N) is 1. The minimum absolute atomic E-state index is 0.587. The van der Waals surface area contributed by atoms with E-state index in [0.29, 0.717) is 11.4 Å². The zero-order valence-electron chi connectivity index (χ0n) is 9.77. The van der Waals surface area contributed by atoms with Crippen molar-refractivity contribution >= 4 is 23.4 Å². The zero-order valence-corrected chi connectivity index (χ0v) is 10.6. The molecule has 0 saturated carbocycles. The number of anilines is 1. The summed E-state index contributed by atoms with van der Waals surface area (Å²) in [6, 6.07) is 5.41. The van der Waals surface area contributed by atoms with E-state index in [1.54, 1.807) is 26.2 Å². The third kappa shape index (κ3) is 4.40. The summed E-state index contributed by atoms with van der Waals surface area (Å²) in [5.41, 5.74) is 7.27. The highest BCUT2D eigenvalue weighted by Crippen LogP contribution is 2.30. The van der Waals surface area contributed by atoms with E-state index in [1.165, 1.54) is 17.8 Å². The number of aliphatic carboxylic acids is 1. The molecule has 17 heavy (non-hydrogen) atoms. The van der Waals surface area contributed by atoms with Crippen LogP contribution >= 0.6 is 11.8 Å². The third-order valence-corrected chi connectivity index (χ3v) is 3.31. The van der Waals surface area contributed by atoms with Crippen LogP contribution in [0, 0.1) is 0 Å². The average molecular weight is 253 g/mol. The quantitative estimate of drug-likeness (QED) is 0.479. The van der Waals surface area contributed by atoms with Gasteiger partial charge in [-0.15, -0.1) is 11.8 Å². The van der Waals surface area contributed by atoms with Crippen molar-refractivity contribution < 1.29 is 14.6 Å². The van der Waals surface area contributed by atoms with Gasteiger partial charge < -0.3 is 15.6 Å². The normalized spacial score (nSPS) is 11.3. The molecule has 0 aliphatic heterocycles. The van der Waals surface area contributed by atoms with Crippen molar-refractivity contribution in [1.29, 1.82) is 0 Å². The number of nitrogen functional groups attached to an aromatic ring is 1. The molecule has 0 aromatic heterocycles. The van der Waals surface area contributed by atoms with E-state index in [-0.39, 0.29) is 0 Å². The number of thioether (sulfide) groups is 1. The Morgan fingerprint density at radius 3 is 2.88 bits per heavy atom. The molecule has 1 aromatic rings. The Morgan fingerprint density at radius 1 is 1.59 bits per heavy atom. The van der Waals surface area contributed by atoms with Crippen molar-refractivity contribution in [3.8, 4) is 5.75 Å². The van der Waals surface area contributed by atoms with E-state index in [4.69, 9.17) is 15.6 Å². The molecule has 5 heteroatoms. The second kappa shape index (κ2) is 6.20. The number of hydrogen-bond acceptors (Lipinski definition) is 4. The fourth-order valence-corrected chi connectivity index (χ4v) is 2.11. The summed E-state index contributed by atoms with van der Waals surface area (Å²) in [7, 11) is 1.59. The molecular formula is C12H15NO3S. The molecule has 0 bridgehead atoms. The highest BCUT2D eigenvalue weighted by Gasteiger charge is 2.03. The van der Waals surface area contributed by atoms with Crippen molar-refractivity contribution in [2.75, 3.05) is 18.6 Å². The molecule has 0 atom stereocenters. The molecule has 0 amide bonds. The van der Waals surface area contributed by atoms with Crippen LogP contribution in [0.1, 0.15) is 6.92 Å². The minimum atomic E-state index is -0.929. The summed E-state index contributed by atoms with van der Waals surface area (Å²) in [6.07, 6.45) is 1.20. The molecule has 92 valence electrons. The third-order valence-electron chi connectivity index (χ3n) is 2.05. The van der Waals surface area contributed by atoms with E-state index >= 15 is 0 Å². The first kappa shape index (κ1) is 13.4. The van der Waals surface area contributed by atoms with E-state index in [1.807, 2.05) is 6.07 Å². The maximum Gasteiger partial charge on any atom is 0.328 e. The van der Waals surface area contributed by atoms with Crippen molar-refractivity contribution in [2.45, 2.75) is 11.8 Å². The molecule has 4 nitrogen and oxygen atoms in total. The van der Waals surface area contributed by atoms with Crippen molar-refractivity contribution in [3.05, 3.63) is 29.8 Å². The van der Waals surface area contributed by atoms with Gasteiger partial charge in [-0.25, -0.2) is 4.79 Å². The van der Waals surface area contributed by atoms with Gasteiger partial charge in [0.1, 0.15) is 5.75 Å². The molecule has 0 saturated heterocycles. The molecule has 0 heterocycles. The lowest BCUT2D eigenvalue weighted by Crippen LogP contribution is -1.94. The number of ether oxygens (including phenoxy) is 1. The number of methoxy groups -OCH3 is 1. The van der Waals surface area contributed by atoms with Crippen LogP contribution in [0.25, 0.3) is 0 Å². The molecule has 1 aromatic carbocycles. The van der Waals surface area contributed by atoms with Gasteiger partial charge in [0.2, 0.25) is 0 Å².